The van der Waals surface area contributed by atoms with Gasteiger partial charge in [0.25, 0.3) is 0 Å². The summed E-state index contributed by atoms with van der Waals surface area (Å²) in [5, 5.41) is 22.3. The zero-order chi connectivity index (χ0) is 19.7. The van der Waals surface area contributed by atoms with E-state index in [1.54, 1.807) is 6.26 Å². The van der Waals surface area contributed by atoms with Crippen LogP contribution in [0.3, 0.4) is 0 Å². The lowest BCUT2D eigenvalue weighted by molar-refractivity contribution is -0.178. The van der Waals surface area contributed by atoms with E-state index < -0.39 is 5.60 Å². The highest BCUT2D eigenvalue weighted by Gasteiger charge is 2.66. The Bertz CT molecular complexity index is 851. The average molecular weight is 385 g/mol. The minimum absolute atomic E-state index is 0.122. The summed E-state index contributed by atoms with van der Waals surface area (Å²) >= 11 is 0. The number of hydrogen-bond acceptors (Lipinski definition) is 4. The molecule has 0 unspecified atom stereocenters. The van der Waals surface area contributed by atoms with Crippen molar-refractivity contribution in [1.29, 1.82) is 0 Å². The molecule has 4 aliphatic rings. The van der Waals surface area contributed by atoms with E-state index in [-0.39, 0.29) is 28.5 Å². The Morgan fingerprint density at radius 2 is 1.86 bits per heavy atom. The first kappa shape index (κ1) is 18.6. The van der Waals surface area contributed by atoms with Gasteiger partial charge in [-0.25, -0.2) is 4.79 Å². The normalized spacial score (nSPS) is 47.6. The molecule has 1 heterocycles. The van der Waals surface area contributed by atoms with Crippen molar-refractivity contribution in [2.45, 2.75) is 82.8 Å². The van der Waals surface area contributed by atoms with Crippen LogP contribution in [0, 0.1) is 22.7 Å². The van der Waals surface area contributed by atoms with E-state index in [1.807, 2.05) is 6.07 Å². The van der Waals surface area contributed by atoms with Crippen molar-refractivity contribution in [3.8, 4) is 0 Å². The third-order valence-corrected chi connectivity index (χ3v) is 9.40. The molecule has 4 aliphatic carbocycles. The van der Waals surface area contributed by atoms with Crippen LogP contribution in [-0.4, -0.2) is 21.9 Å². The van der Waals surface area contributed by atoms with Crippen LogP contribution in [0.25, 0.3) is 0 Å². The van der Waals surface area contributed by atoms with Gasteiger partial charge in [-0.15, -0.1) is 0 Å². The fraction of sp³-hybridized carbons (Fsp3) is 0.708. The highest BCUT2D eigenvalue weighted by molar-refractivity contribution is 5.31. The maximum atomic E-state index is 12.1. The van der Waals surface area contributed by atoms with Gasteiger partial charge in [-0.3, -0.25) is 0 Å². The molecule has 0 aliphatic heterocycles. The summed E-state index contributed by atoms with van der Waals surface area (Å²) in [6.07, 6.45) is 11.2. The summed E-state index contributed by atoms with van der Waals surface area (Å²) in [5.41, 5.74) is 1.45. The van der Waals surface area contributed by atoms with Crippen molar-refractivity contribution in [2.75, 3.05) is 0 Å². The highest BCUT2D eigenvalue weighted by Crippen LogP contribution is 2.70. The summed E-state index contributed by atoms with van der Waals surface area (Å²) < 4.78 is 5.16. The van der Waals surface area contributed by atoms with Gasteiger partial charge in [0.2, 0.25) is 0 Å². The van der Waals surface area contributed by atoms with Crippen LogP contribution in [0.4, 0.5) is 0 Å². The van der Waals surface area contributed by atoms with E-state index in [1.165, 1.54) is 11.6 Å². The smallest absolute Gasteiger partial charge is 0.335 e. The maximum absolute atomic E-state index is 12.1. The second kappa shape index (κ2) is 6.06. The first-order chi connectivity index (χ1) is 13.3. The molecule has 7 atom stereocenters. The molecule has 2 N–H and O–H groups in total. The van der Waals surface area contributed by atoms with Gasteiger partial charge in [-0.2, -0.15) is 0 Å². The molecule has 0 radical (unpaired) electrons. The van der Waals surface area contributed by atoms with E-state index in [0.29, 0.717) is 11.8 Å². The fourth-order valence-electron chi connectivity index (χ4n) is 7.78. The molecule has 152 valence electrons. The zero-order valence-electron chi connectivity index (χ0n) is 17.0. The first-order valence-corrected chi connectivity index (χ1v) is 11.0. The van der Waals surface area contributed by atoms with Crippen molar-refractivity contribution in [3.63, 3.8) is 0 Å². The fourth-order valence-corrected chi connectivity index (χ4v) is 7.78. The molecule has 1 aromatic rings. The van der Waals surface area contributed by atoms with Crippen LogP contribution >= 0.6 is 0 Å². The number of allylic oxidation sites excluding steroid dienone is 1. The van der Waals surface area contributed by atoms with Crippen LogP contribution in [0.1, 0.15) is 76.7 Å². The largest absolute Gasteiger partial charge is 0.431 e. The van der Waals surface area contributed by atoms with Crippen LogP contribution in [-0.2, 0) is 0 Å². The molecule has 4 nitrogen and oxygen atoms in total. The molecule has 28 heavy (non-hydrogen) atoms. The van der Waals surface area contributed by atoms with E-state index in [9.17, 15) is 15.0 Å². The van der Waals surface area contributed by atoms with Gasteiger partial charge in [-0.05, 0) is 86.2 Å². The van der Waals surface area contributed by atoms with Gasteiger partial charge < -0.3 is 14.6 Å². The van der Waals surface area contributed by atoms with Crippen LogP contribution in [0.5, 0.6) is 0 Å². The van der Waals surface area contributed by atoms with E-state index in [0.717, 1.165) is 56.9 Å². The highest BCUT2D eigenvalue weighted by atomic mass is 16.4. The van der Waals surface area contributed by atoms with Gasteiger partial charge >= 0.3 is 5.63 Å². The number of aliphatic hydroxyl groups is 2. The van der Waals surface area contributed by atoms with E-state index in [4.69, 9.17) is 4.42 Å². The SMILES string of the molecule is C[C@]12CC[C@H](O)C=C1CC[C@@H]1[C@@H]2CC[C@]2(C)[C@@H](c3ccc(=O)oc3)CC[C@@]12O. The molecule has 0 aromatic carbocycles. The van der Waals surface area contributed by atoms with Crippen molar-refractivity contribution < 1.29 is 14.6 Å². The van der Waals surface area contributed by atoms with Crippen molar-refractivity contribution >= 4 is 0 Å². The quantitative estimate of drug-likeness (QED) is 0.713. The minimum atomic E-state index is -0.665. The lowest BCUT2D eigenvalue weighted by atomic mass is 9.45. The molecule has 0 saturated heterocycles. The van der Waals surface area contributed by atoms with E-state index in [2.05, 4.69) is 19.9 Å². The number of aliphatic hydroxyl groups excluding tert-OH is 1. The van der Waals surface area contributed by atoms with Gasteiger partial charge in [-0.1, -0.05) is 25.5 Å². The molecule has 0 spiro atoms. The summed E-state index contributed by atoms with van der Waals surface area (Å²) in [5.74, 6) is 1.04. The summed E-state index contributed by atoms with van der Waals surface area (Å²) in [6, 6.07) is 3.40. The van der Waals surface area contributed by atoms with Gasteiger partial charge in [0.1, 0.15) is 0 Å². The molecule has 5 rings (SSSR count). The molecule has 3 fully saturated rings. The number of fused-ring (bicyclic) bond motifs is 5. The minimum Gasteiger partial charge on any atom is -0.431 e. The topological polar surface area (TPSA) is 70.7 Å². The second-order valence-corrected chi connectivity index (χ2v) is 10.3. The van der Waals surface area contributed by atoms with E-state index >= 15 is 0 Å². The Balaban J connectivity index is 1.51. The third kappa shape index (κ3) is 2.34. The Kier molecular flexibility index (Phi) is 4.03. The van der Waals surface area contributed by atoms with Gasteiger partial charge in [0.05, 0.1) is 18.0 Å². The zero-order valence-corrected chi connectivity index (χ0v) is 17.0. The summed E-state index contributed by atoms with van der Waals surface area (Å²) in [7, 11) is 0. The predicted octanol–water partition coefficient (Wildman–Crippen LogP) is 4.16. The molecule has 3 saturated carbocycles. The summed E-state index contributed by atoms with van der Waals surface area (Å²) in [4.78, 5) is 11.4. The van der Waals surface area contributed by atoms with Crippen molar-refractivity contribution in [2.24, 2.45) is 22.7 Å². The maximum Gasteiger partial charge on any atom is 0.335 e. The third-order valence-electron chi connectivity index (χ3n) is 9.40. The van der Waals surface area contributed by atoms with Gasteiger partial charge in [0, 0.05) is 11.5 Å². The standard InChI is InChI=1S/C24H32O4/c1-22-10-7-17(25)13-16(22)4-5-20-19(22)8-11-23(2)18(9-12-24(20,23)27)15-3-6-21(26)28-14-15/h3,6,13-14,17-20,25,27H,4-5,7-12H2,1-2H3/t17-,18+,19-,20+,22-,23+,24+/m0/s1. The molecule has 1 aromatic heterocycles. The molecule has 4 heteroatoms. The molecule has 0 amide bonds. The Labute approximate surface area is 166 Å². The Morgan fingerprint density at radius 3 is 2.61 bits per heavy atom. The lowest BCUT2D eigenvalue weighted by Crippen LogP contribution is -2.60. The van der Waals surface area contributed by atoms with Crippen molar-refractivity contribution in [1.82, 2.24) is 0 Å². The van der Waals surface area contributed by atoms with Gasteiger partial charge in [0.15, 0.2) is 0 Å². The predicted molar refractivity (Wildman–Crippen MR) is 107 cm³/mol. The van der Waals surface area contributed by atoms with Crippen LogP contribution in [0.2, 0.25) is 0 Å². The molecular weight excluding hydrogens is 352 g/mol. The molecule has 0 bridgehead atoms. The Hall–Kier alpha value is -1.39. The summed E-state index contributed by atoms with van der Waals surface area (Å²) in [6.45, 7) is 4.65. The van der Waals surface area contributed by atoms with Crippen LogP contribution in [0.15, 0.2) is 39.3 Å². The number of hydrogen-bond donors (Lipinski definition) is 2. The first-order valence-electron chi connectivity index (χ1n) is 11.0. The monoisotopic (exact) mass is 384 g/mol. The van der Waals surface area contributed by atoms with Crippen molar-refractivity contribution in [3.05, 3.63) is 46.0 Å². The second-order valence-electron chi connectivity index (χ2n) is 10.3. The molecular formula is C24H32O4. The number of rotatable bonds is 1. The van der Waals surface area contributed by atoms with Crippen LogP contribution < -0.4 is 5.63 Å². The average Bonchev–Trinajstić information content (AvgIpc) is 2.95. The Morgan fingerprint density at radius 1 is 1.04 bits per heavy atom. The lowest BCUT2D eigenvalue weighted by Gasteiger charge is -2.61.